The molecule has 0 heterocycles. The lowest BCUT2D eigenvalue weighted by atomic mass is 9.73. The Morgan fingerprint density at radius 2 is 1.29 bits per heavy atom. The van der Waals surface area contributed by atoms with Crippen molar-refractivity contribution in [3.05, 3.63) is 0 Å². The average Bonchev–Trinajstić information content (AvgIpc) is 2.59. The Kier molecular flexibility index (Phi) is 2.17. The van der Waals surface area contributed by atoms with E-state index in [9.17, 15) is 10.2 Å². The zero-order chi connectivity index (χ0) is 12.6. The minimum Gasteiger partial charge on any atom is -0.390 e. The van der Waals surface area contributed by atoms with Crippen molar-refractivity contribution >= 4 is 0 Å². The van der Waals surface area contributed by atoms with Crippen LogP contribution in [-0.2, 0) is 0 Å². The van der Waals surface area contributed by atoms with Gasteiger partial charge >= 0.3 is 0 Å². The molecule has 17 heavy (non-hydrogen) atoms. The Morgan fingerprint density at radius 1 is 0.765 bits per heavy atom. The van der Waals surface area contributed by atoms with E-state index in [0.717, 1.165) is 25.7 Å². The fourth-order valence-corrected chi connectivity index (χ4v) is 5.25. The maximum atomic E-state index is 10.7. The van der Waals surface area contributed by atoms with Gasteiger partial charge in [0.2, 0.25) is 0 Å². The molecule has 3 aliphatic carbocycles. The monoisotopic (exact) mass is 238 g/mol. The van der Waals surface area contributed by atoms with E-state index >= 15 is 0 Å². The molecule has 0 amide bonds. The molecule has 0 aromatic heterocycles. The summed E-state index contributed by atoms with van der Waals surface area (Å²) in [5.74, 6) is 1.95. The minimum atomic E-state index is -0.561. The van der Waals surface area contributed by atoms with E-state index in [1.54, 1.807) is 0 Å². The summed E-state index contributed by atoms with van der Waals surface area (Å²) >= 11 is 0. The summed E-state index contributed by atoms with van der Waals surface area (Å²) in [6, 6.07) is 0. The predicted octanol–water partition coefficient (Wildman–Crippen LogP) is 2.58. The second-order valence-electron chi connectivity index (χ2n) is 7.88. The van der Waals surface area contributed by atoms with E-state index in [2.05, 4.69) is 13.8 Å². The Labute approximate surface area is 104 Å². The normalized spacial score (nSPS) is 60.4. The molecule has 98 valence electrons. The number of aliphatic hydroxyl groups is 2. The van der Waals surface area contributed by atoms with Crippen LogP contribution in [0.15, 0.2) is 0 Å². The summed E-state index contributed by atoms with van der Waals surface area (Å²) in [7, 11) is 0. The van der Waals surface area contributed by atoms with Crippen molar-refractivity contribution < 1.29 is 10.2 Å². The number of hydrogen-bond acceptors (Lipinski definition) is 2. The van der Waals surface area contributed by atoms with Crippen LogP contribution in [0.3, 0.4) is 0 Å². The van der Waals surface area contributed by atoms with Gasteiger partial charge in [-0.2, -0.15) is 0 Å². The smallest absolute Gasteiger partial charge is 0.0654 e. The van der Waals surface area contributed by atoms with Gasteiger partial charge < -0.3 is 10.2 Å². The summed E-state index contributed by atoms with van der Waals surface area (Å²) < 4.78 is 0. The van der Waals surface area contributed by atoms with Crippen LogP contribution in [0.25, 0.3) is 0 Å². The second kappa shape index (κ2) is 3.08. The highest BCUT2D eigenvalue weighted by molar-refractivity contribution is 5.18. The lowest BCUT2D eigenvalue weighted by Crippen LogP contribution is -2.43. The SMILES string of the molecule is CC1(C)[C@H]2[C@H]3[C@H](CC[C@]3(C)O)[C@](C)(O)CC[C@H]21. The molecule has 0 unspecified atom stereocenters. The highest BCUT2D eigenvalue weighted by Crippen LogP contribution is 2.71. The molecule has 3 saturated carbocycles. The molecular weight excluding hydrogens is 212 g/mol. The molecular formula is C15H26O2. The van der Waals surface area contributed by atoms with Crippen molar-refractivity contribution in [1.82, 2.24) is 0 Å². The number of hydrogen-bond donors (Lipinski definition) is 2. The molecule has 0 bridgehead atoms. The van der Waals surface area contributed by atoms with Gasteiger partial charge in [0, 0.05) is 0 Å². The van der Waals surface area contributed by atoms with Crippen LogP contribution in [0.1, 0.15) is 53.4 Å². The van der Waals surface area contributed by atoms with Crippen LogP contribution in [0.5, 0.6) is 0 Å². The fourth-order valence-electron chi connectivity index (χ4n) is 5.25. The van der Waals surface area contributed by atoms with Crippen LogP contribution in [0, 0.1) is 29.1 Å². The summed E-state index contributed by atoms with van der Waals surface area (Å²) in [5.41, 5.74) is -0.738. The first kappa shape index (κ1) is 12.0. The van der Waals surface area contributed by atoms with Gasteiger partial charge in [-0.15, -0.1) is 0 Å². The highest BCUT2D eigenvalue weighted by atomic mass is 16.3. The van der Waals surface area contributed by atoms with E-state index in [-0.39, 0.29) is 0 Å². The van der Waals surface area contributed by atoms with E-state index in [0.29, 0.717) is 29.1 Å². The van der Waals surface area contributed by atoms with Crippen LogP contribution >= 0.6 is 0 Å². The summed E-state index contributed by atoms with van der Waals surface area (Å²) in [5, 5.41) is 21.3. The molecule has 0 aliphatic heterocycles. The van der Waals surface area contributed by atoms with Gasteiger partial charge in [0.15, 0.2) is 0 Å². The van der Waals surface area contributed by atoms with Crippen molar-refractivity contribution in [3.63, 3.8) is 0 Å². The molecule has 2 nitrogen and oxygen atoms in total. The van der Waals surface area contributed by atoms with E-state index in [1.807, 2.05) is 13.8 Å². The van der Waals surface area contributed by atoms with Crippen LogP contribution in [0.4, 0.5) is 0 Å². The zero-order valence-corrected chi connectivity index (χ0v) is 11.5. The Bertz CT molecular complexity index is 343. The molecule has 2 N–H and O–H groups in total. The maximum Gasteiger partial charge on any atom is 0.0654 e. The van der Waals surface area contributed by atoms with E-state index in [4.69, 9.17) is 0 Å². The van der Waals surface area contributed by atoms with Gasteiger partial charge in [-0.3, -0.25) is 0 Å². The predicted molar refractivity (Wildman–Crippen MR) is 67.5 cm³/mol. The third-order valence-corrected chi connectivity index (χ3v) is 6.40. The molecule has 0 aromatic rings. The van der Waals surface area contributed by atoms with Gasteiger partial charge in [-0.1, -0.05) is 13.8 Å². The average molecular weight is 238 g/mol. The maximum absolute atomic E-state index is 10.7. The lowest BCUT2D eigenvalue weighted by Gasteiger charge is -2.37. The highest BCUT2D eigenvalue weighted by Gasteiger charge is 2.69. The number of fused-ring (bicyclic) bond motifs is 3. The fraction of sp³-hybridized carbons (Fsp3) is 1.00. The van der Waals surface area contributed by atoms with Crippen LogP contribution in [-0.4, -0.2) is 21.4 Å². The zero-order valence-electron chi connectivity index (χ0n) is 11.5. The topological polar surface area (TPSA) is 40.5 Å². The quantitative estimate of drug-likeness (QED) is 0.681. The first-order valence-electron chi connectivity index (χ1n) is 7.13. The van der Waals surface area contributed by atoms with E-state index in [1.165, 1.54) is 0 Å². The Morgan fingerprint density at radius 3 is 1.94 bits per heavy atom. The largest absolute Gasteiger partial charge is 0.390 e. The molecule has 6 atom stereocenters. The van der Waals surface area contributed by atoms with Crippen LogP contribution < -0.4 is 0 Å². The van der Waals surface area contributed by atoms with Crippen molar-refractivity contribution in [1.29, 1.82) is 0 Å². The van der Waals surface area contributed by atoms with Gasteiger partial charge in [0.25, 0.3) is 0 Å². The molecule has 2 heteroatoms. The van der Waals surface area contributed by atoms with Gasteiger partial charge in [0.1, 0.15) is 0 Å². The van der Waals surface area contributed by atoms with Crippen molar-refractivity contribution in [2.45, 2.75) is 64.6 Å². The van der Waals surface area contributed by atoms with Crippen LogP contribution in [0.2, 0.25) is 0 Å². The first-order chi connectivity index (χ1) is 7.68. The molecule has 0 radical (unpaired) electrons. The first-order valence-corrected chi connectivity index (χ1v) is 7.13. The van der Waals surface area contributed by atoms with Crippen molar-refractivity contribution in [2.75, 3.05) is 0 Å². The van der Waals surface area contributed by atoms with E-state index < -0.39 is 11.2 Å². The Balaban J connectivity index is 1.99. The van der Waals surface area contributed by atoms with Gasteiger partial charge in [-0.25, -0.2) is 0 Å². The summed E-state index contributed by atoms with van der Waals surface area (Å²) in [6.45, 7) is 8.66. The number of rotatable bonds is 0. The Hall–Kier alpha value is -0.0800. The summed E-state index contributed by atoms with van der Waals surface area (Å²) in [4.78, 5) is 0. The third kappa shape index (κ3) is 1.46. The standard InChI is InChI=1S/C15H26O2/c1-13(2)9-5-7-14(3,16)10-6-8-15(4,17)12(10)11(9)13/h9-12,16-17H,5-8H2,1-4H3/t9-,10+,11-,12-,14-,15+/m1/s1. The molecule has 3 aliphatic rings. The van der Waals surface area contributed by atoms with Gasteiger partial charge in [0.05, 0.1) is 11.2 Å². The third-order valence-electron chi connectivity index (χ3n) is 6.40. The molecule has 3 rings (SSSR count). The molecule has 0 aromatic carbocycles. The molecule has 0 saturated heterocycles. The van der Waals surface area contributed by atoms with Crippen molar-refractivity contribution in [2.24, 2.45) is 29.1 Å². The molecule has 3 fully saturated rings. The molecule has 0 spiro atoms. The lowest BCUT2D eigenvalue weighted by molar-refractivity contribution is -0.0663. The van der Waals surface area contributed by atoms with Crippen molar-refractivity contribution in [3.8, 4) is 0 Å². The minimum absolute atomic E-state index is 0.300. The summed E-state index contributed by atoms with van der Waals surface area (Å²) in [6.07, 6.45) is 3.89. The second-order valence-corrected chi connectivity index (χ2v) is 7.88. The van der Waals surface area contributed by atoms with Gasteiger partial charge in [-0.05, 0) is 68.6 Å².